The van der Waals surface area contributed by atoms with Gasteiger partial charge < -0.3 is 10.1 Å². The highest BCUT2D eigenvalue weighted by atomic mass is 35.5. The third kappa shape index (κ3) is 4.97. The molecule has 1 saturated heterocycles. The predicted octanol–water partition coefficient (Wildman–Crippen LogP) is 2.38. The van der Waals surface area contributed by atoms with Crippen molar-refractivity contribution in [1.82, 2.24) is 9.62 Å². The van der Waals surface area contributed by atoms with Crippen LogP contribution in [0.5, 0.6) is 5.75 Å². The van der Waals surface area contributed by atoms with E-state index < -0.39 is 22.1 Å². The summed E-state index contributed by atoms with van der Waals surface area (Å²) in [5, 5.41) is 2.93. The minimum absolute atomic E-state index is 0. The van der Waals surface area contributed by atoms with Gasteiger partial charge >= 0.3 is 6.36 Å². The number of sulfonamides is 1. The Hall–Kier alpha value is -1.03. The standard InChI is InChI=1S/C13H17F3N2O3S.ClH/c1-17-9-10-4-3-7-18(10)22(19,20)12-6-2-5-11(8-12)21-13(14,15)16;/h2,5-6,8,10,17H,3-4,7,9H2,1H3;1H. The average molecular weight is 375 g/mol. The largest absolute Gasteiger partial charge is 0.573 e. The lowest BCUT2D eigenvalue weighted by Gasteiger charge is -2.24. The van der Waals surface area contributed by atoms with Crippen LogP contribution in [0.15, 0.2) is 29.2 Å². The Morgan fingerprint density at radius 2 is 2.09 bits per heavy atom. The van der Waals surface area contributed by atoms with Crippen molar-refractivity contribution in [2.75, 3.05) is 20.1 Å². The molecule has 1 atom stereocenters. The molecule has 1 aromatic rings. The van der Waals surface area contributed by atoms with E-state index in [1.807, 2.05) is 0 Å². The van der Waals surface area contributed by atoms with Gasteiger partial charge in [-0.3, -0.25) is 0 Å². The van der Waals surface area contributed by atoms with Gasteiger partial charge in [0.15, 0.2) is 0 Å². The van der Waals surface area contributed by atoms with Gasteiger partial charge in [0.05, 0.1) is 4.90 Å². The van der Waals surface area contributed by atoms with Crippen LogP contribution in [0.3, 0.4) is 0 Å². The van der Waals surface area contributed by atoms with Crippen molar-refractivity contribution < 1.29 is 26.3 Å². The van der Waals surface area contributed by atoms with E-state index in [1.165, 1.54) is 16.4 Å². The van der Waals surface area contributed by atoms with Crippen LogP contribution in [-0.2, 0) is 10.0 Å². The van der Waals surface area contributed by atoms with Gasteiger partial charge in [-0.1, -0.05) is 6.07 Å². The Kier molecular flexibility index (Phi) is 6.70. The number of likely N-dealkylation sites (N-methyl/N-ethyl adjacent to an activating group) is 1. The molecule has 2 rings (SSSR count). The summed E-state index contributed by atoms with van der Waals surface area (Å²) >= 11 is 0. The topological polar surface area (TPSA) is 58.6 Å². The van der Waals surface area contributed by atoms with Gasteiger partial charge in [-0.2, -0.15) is 4.31 Å². The minimum Gasteiger partial charge on any atom is -0.406 e. The maximum atomic E-state index is 12.6. The van der Waals surface area contributed by atoms with Crippen LogP contribution in [0.25, 0.3) is 0 Å². The molecular formula is C13H18ClF3N2O3S. The van der Waals surface area contributed by atoms with Crippen LogP contribution in [0.2, 0.25) is 0 Å². The molecule has 0 bridgehead atoms. The zero-order valence-corrected chi connectivity index (χ0v) is 14.0. The molecule has 0 aromatic heterocycles. The zero-order valence-electron chi connectivity index (χ0n) is 12.3. The van der Waals surface area contributed by atoms with Crippen molar-refractivity contribution in [1.29, 1.82) is 0 Å². The maximum absolute atomic E-state index is 12.6. The first-order valence-corrected chi connectivity index (χ1v) is 8.20. The predicted molar refractivity (Wildman–Crippen MR) is 81.2 cm³/mol. The minimum atomic E-state index is -4.86. The van der Waals surface area contributed by atoms with Crippen LogP contribution in [0.1, 0.15) is 12.8 Å². The molecular weight excluding hydrogens is 357 g/mol. The first kappa shape index (κ1) is 20.0. The number of nitrogens with zero attached hydrogens (tertiary/aromatic N) is 1. The Balaban J connectivity index is 0.00000264. The third-order valence-electron chi connectivity index (χ3n) is 3.41. The fourth-order valence-electron chi connectivity index (χ4n) is 2.53. The normalized spacial score (nSPS) is 19.4. The lowest BCUT2D eigenvalue weighted by Crippen LogP contribution is -2.40. The number of halogens is 4. The highest BCUT2D eigenvalue weighted by Gasteiger charge is 2.36. The van der Waals surface area contributed by atoms with Gasteiger partial charge in [-0.05, 0) is 32.0 Å². The summed E-state index contributed by atoms with van der Waals surface area (Å²) in [6.45, 7) is 0.858. The monoisotopic (exact) mass is 374 g/mol. The molecule has 5 nitrogen and oxygen atoms in total. The van der Waals surface area contributed by atoms with Gasteiger partial charge in [0.2, 0.25) is 10.0 Å². The maximum Gasteiger partial charge on any atom is 0.573 e. The Labute approximate surface area is 139 Å². The van der Waals surface area contributed by atoms with Crippen molar-refractivity contribution in [3.63, 3.8) is 0 Å². The molecule has 1 fully saturated rings. The highest BCUT2D eigenvalue weighted by Crippen LogP contribution is 2.29. The molecule has 0 spiro atoms. The van der Waals surface area contributed by atoms with Gasteiger partial charge in [-0.25, -0.2) is 8.42 Å². The lowest BCUT2D eigenvalue weighted by atomic mass is 10.2. The molecule has 1 aliphatic heterocycles. The molecule has 1 aromatic carbocycles. The van der Waals surface area contributed by atoms with E-state index in [1.54, 1.807) is 7.05 Å². The fourth-order valence-corrected chi connectivity index (χ4v) is 4.26. The smallest absolute Gasteiger partial charge is 0.406 e. The van der Waals surface area contributed by atoms with Gasteiger partial charge in [0.1, 0.15) is 5.75 Å². The number of hydrogen-bond donors (Lipinski definition) is 1. The fraction of sp³-hybridized carbons (Fsp3) is 0.538. The molecule has 1 unspecified atom stereocenters. The molecule has 0 saturated carbocycles. The molecule has 0 radical (unpaired) electrons. The number of rotatable bonds is 5. The van der Waals surface area contributed by atoms with Crippen LogP contribution in [-0.4, -0.2) is 45.3 Å². The average Bonchev–Trinajstić information content (AvgIpc) is 2.86. The van der Waals surface area contributed by atoms with E-state index in [-0.39, 0.29) is 23.3 Å². The molecule has 1 N–H and O–H groups in total. The summed E-state index contributed by atoms with van der Waals surface area (Å²) in [5.74, 6) is -0.544. The molecule has 1 heterocycles. The Morgan fingerprint density at radius 3 is 2.70 bits per heavy atom. The Bertz CT molecular complexity index is 625. The first-order valence-electron chi connectivity index (χ1n) is 6.76. The van der Waals surface area contributed by atoms with E-state index in [2.05, 4.69) is 10.1 Å². The van der Waals surface area contributed by atoms with Crippen molar-refractivity contribution in [2.45, 2.75) is 30.1 Å². The van der Waals surface area contributed by atoms with E-state index in [0.717, 1.165) is 25.0 Å². The van der Waals surface area contributed by atoms with E-state index in [4.69, 9.17) is 0 Å². The second-order valence-corrected chi connectivity index (χ2v) is 6.88. The second kappa shape index (κ2) is 7.69. The summed E-state index contributed by atoms with van der Waals surface area (Å²) in [6, 6.07) is 4.28. The van der Waals surface area contributed by atoms with Crippen LogP contribution in [0, 0.1) is 0 Å². The van der Waals surface area contributed by atoms with Crippen molar-refractivity contribution in [2.24, 2.45) is 0 Å². The number of ether oxygens (including phenoxy) is 1. The summed E-state index contributed by atoms with van der Waals surface area (Å²) < 4.78 is 67.0. The first-order chi connectivity index (χ1) is 10.2. The molecule has 1 aliphatic rings. The third-order valence-corrected chi connectivity index (χ3v) is 5.36. The van der Waals surface area contributed by atoms with Gasteiger partial charge in [0, 0.05) is 25.2 Å². The molecule has 23 heavy (non-hydrogen) atoms. The summed E-state index contributed by atoms with van der Waals surface area (Å²) in [5.41, 5.74) is 0. The zero-order chi connectivity index (χ0) is 16.4. The summed E-state index contributed by atoms with van der Waals surface area (Å²) in [4.78, 5) is -0.197. The van der Waals surface area contributed by atoms with Crippen LogP contribution in [0.4, 0.5) is 13.2 Å². The van der Waals surface area contributed by atoms with Crippen molar-refractivity contribution in [3.05, 3.63) is 24.3 Å². The molecule has 0 amide bonds. The van der Waals surface area contributed by atoms with Gasteiger partial charge in [-0.15, -0.1) is 25.6 Å². The van der Waals surface area contributed by atoms with Crippen molar-refractivity contribution >= 4 is 22.4 Å². The van der Waals surface area contributed by atoms with E-state index in [9.17, 15) is 21.6 Å². The molecule has 0 aliphatic carbocycles. The number of benzene rings is 1. The quantitative estimate of drug-likeness (QED) is 0.859. The molecule has 10 heteroatoms. The lowest BCUT2D eigenvalue weighted by molar-refractivity contribution is -0.274. The number of alkyl halides is 3. The SMILES string of the molecule is CNCC1CCCN1S(=O)(=O)c1cccc(OC(F)(F)F)c1.Cl. The number of hydrogen-bond acceptors (Lipinski definition) is 4. The highest BCUT2D eigenvalue weighted by molar-refractivity contribution is 7.89. The van der Waals surface area contributed by atoms with Gasteiger partial charge in [0.25, 0.3) is 0 Å². The summed E-state index contributed by atoms with van der Waals surface area (Å²) in [7, 11) is -2.12. The van der Waals surface area contributed by atoms with Crippen LogP contribution < -0.4 is 10.1 Å². The Morgan fingerprint density at radius 1 is 1.39 bits per heavy atom. The summed E-state index contributed by atoms with van der Waals surface area (Å²) in [6.07, 6.45) is -3.41. The van der Waals surface area contributed by atoms with E-state index in [0.29, 0.717) is 13.1 Å². The van der Waals surface area contributed by atoms with Crippen molar-refractivity contribution in [3.8, 4) is 5.75 Å². The van der Waals surface area contributed by atoms with E-state index >= 15 is 0 Å². The molecule has 132 valence electrons. The van der Waals surface area contributed by atoms with Crippen LogP contribution >= 0.6 is 12.4 Å². The number of nitrogens with one attached hydrogen (secondary N) is 1. The second-order valence-electron chi connectivity index (χ2n) is 4.99.